The molecule has 0 radical (unpaired) electrons. The Morgan fingerprint density at radius 3 is 1.29 bits per heavy atom. The fraction of sp³-hybridized carbons (Fsp3) is 0.167. The third-order valence-electron chi connectivity index (χ3n) is 3.85. The number of hydrogen-bond donors (Lipinski definition) is 3. The van der Waals surface area contributed by atoms with Crippen molar-refractivity contribution < 1.29 is 29.7 Å². The smallest absolute Gasteiger partial charge is 0.318 e. The molecule has 24 heavy (non-hydrogen) atoms. The lowest BCUT2D eigenvalue weighted by Crippen LogP contribution is -2.39. The molecule has 6 heteroatoms. The van der Waals surface area contributed by atoms with E-state index in [9.17, 15) is 29.7 Å². The van der Waals surface area contributed by atoms with Gasteiger partial charge in [-0.15, -0.1) is 0 Å². The van der Waals surface area contributed by atoms with Crippen LogP contribution in [0.3, 0.4) is 0 Å². The van der Waals surface area contributed by atoms with Gasteiger partial charge in [-0.1, -0.05) is 60.7 Å². The average molecular weight is 328 g/mol. The van der Waals surface area contributed by atoms with Crippen LogP contribution in [0.2, 0.25) is 0 Å². The first-order chi connectivity index (χ1) is 11.4. The minimum absolute atomic E-state index is 0.545. The van der Waals surface area contributed by atoms with E-state index in [1.165, 1.54) is 0 Å². The minimum Gasteiger partial charge on any atom is -0.481 e. The van der Waals surface area contributed by atoms with Gasteiger partial charge in [0, 0.05) is 5.92 Å². The van der Waals surface area contributed by atoms with Crippen molar-refractivity contribution in [3.63, 3.8) is 0 Å². The Labute approximate surface area is 138 Å². The maximum Gasteiger partial charge on any atom is 0.318 e. The van der Waals surface area contributed by atoms with Crippen LogP contribution in [0.1, 0.15) is 17.0 Å². The number of aliphatic carboxylic acids is 3. The van der Waals surface area contributed by atoms with Crippen LogP contribution in [0, 0.1) is 11.8 Å². The summed E-state index contributed by atoms with van der Waals surface area (Å²) in [6, 6.07) is 16.9. The topological polar surface area (TPSA) is 112 Å². The molecule has 0 aliphatic rings. The van der Waals surface area contributed by atoms with Gasteiger partial charge in [0.25, 0.3) is 0 Å². The summed E-state index contributed by atoms with van der Waals surface area (Å²) in [7, 11) is 0. The fourth-order valence-corrected chi connectivity index (χ4v) is 2.82. The lowest BCUT2D eigenvalue weighted by atomic mass is 9.74. The lowest BCUT2D eigenvalue weighted by Gasteiger charge is -2.27. The van der Waals surface area contributed by atoms with Gasteiger partial charge in [0.1, 0.15) is 0 Å². The lowest BCUT2D eigenvalue weighted by molar-refractivity contribution is -0.164. The van der Waals surface area contributed by atoms with Crippen molar-refractivity contribution in [2.45, 2.75) is 5.92 Å². The highest BCUT2D eigenvalue weighted by Crippen LogP contribution is 2.37. The number of rotatable bonds is 7. The average Bonchev–Trinajstić information content (AvgIpc) is 2.55. The molecule has 2 aromatic carbocycles. The van der Waals surface area contributed by atoms with Crippen LogP contribution in [0.25, 0.3) is 0 Å². The van der Waals surface area contributed by atoms with Crippen LogP contribution < -0.4 is 0 Å². The zero-order valence-corrected chi connectivity index (χ0v) is 12.6. The molecule has 0 bridgehead atoms. The van der Waals surface area contributed by atoms with E-state index in [1.54, 1.807) is 60.7 Å². The van der Waals surface area contributed by atoms with Crippen LogP contribution in [0.4, 0.5) is 0 Å². The predicted molar refractivity (Wildman–Crippen MR) is 84.6 cm³/mol. The molecule has 0 fully saturated rings. The largest absolute Gasteiger partial charge is 0.481 e. The first-order valence-corrected chi connectivity index (χ1v) is 7.21. The summed E-state index contributed by atoms with van der Waals surface area (Å²) in [6.07, 6.45) is 0. The van der Waals surface area contributed by atoms with Crippen molar-refractivity contribution in [3.05, 3.63) is 71.8 Å². The highest BCUT2D eigenvalue weighted by Gasteiger charge is 2.45. The molecule has 0 amide bonds. The molecular formula is C18H16O6. The van der Waals surface area contributed by atoms with Crippen molar-refractivity contribution >= 4 is 17.9 Å². The van der Waals surface area contributed by atoms with Gasteiger partial charge in [0.05, 0.1) is 5.92 Å². The highest BCUT2D eigenvalue weighted by molar-refractivity contribution is 5.97. The maximum atomic E-state index is 11.8. The van der Waals surface area contributed by atoms with Gasteiger partial charge >= 0.3 is 17.9 Å². The number of hydrogen-bond acceptors (Lipinski definition) is 3. The molecule has 0 aromatic heterocycles. The summed E-state index contributed by atoms with van der Waals surface area (Å²) < 4.78 is 0. The van der Waals surface area contributed by atoms with Crippen LogP contribution in [-0.2, 0) is 14.4 Å². The normalized spacial score (nSPS) is 12.1. The highest BCUT2D eigenvalue weighted by atomic mass is 16.4. The van der Waals surface area contributed by atoms with Crippen LogP contribution in [-0.4, -0.2) is 33.2 Å². The molecule has 6 nitrogen and oxygen atoms in total. The summed E-state index contributed by atoms with van der Waals surface area (Å²) in [5.41, 5.74) is 1.09. The van der Waals surface area contributed by atoms with Crippen molar-refractivity contribution in [1.82, 2.24) is 0 Å². The van der Waals surface area contributed by atoms with E-state index < -0.39 is 35.7 Å². The van der Waals surface area contributed by atoms with Gasteiger partial charge in [0.2, 0.25) is 0 Å². The third kappa shape index (κ3) is 3.60. The summed E-state index contributed by atoms with van der Waals surface area (Å²) in [5.74, 6) is -9.43. The standard InChI is InChI=1S/C18H16O6/c19-16(20)14(15(17(21)22)18(23)24)13(11-7-3-1-4-8-11)12-9-5-2-6-10-12/h1-10,13-15H,(H,19,20)(H,21,22)(H,23,24). The number of carboxylic acids is 3. The van der Waals surface area contributed by atoms with E-state index in [2.05, 4.69) is 0 Å². The van der Waals surface area contributed by atoms with Crippen LogP contribution >= 0.6 is 0 Å². The van der Waals surface area contributed by atoms with Gasteiger partial charge in [0.15, 0.2) is 5.92 Å². The van der Waals surface area contributed by atoms with Crippen molar-refractivity contribution in [3.8, 4) is 0 Å². The third-order valence-corrected chi connectivity index (χ3v) is 3.85. The molecule has 0 aliphatic heterocycles. The first kappa shape index (κ1) is 17.2. The molecule has 0 heterocycles. The van der Waals surface area contributed by atoms with Gasteiger partial charge in [-0.3, -0.25) is 14.4 Å². The zero-order valence-electron chi connectivity index (χ0n) is 12.6. The Morgan fingerprint density at radius 2 is 1.00 bits per heavy atom. The summed E-state index contributed by atoms with van der Waals surface area (Å²) in [6.45, 7) is 0. The van der Waals surface area contributed by atoms with E-state index >= 15 is 0 Å². The molecule has 0 saturated carbocycles. The Bertz CT molecular complexity index is 672. The Morgan fingerprint density at radius 1 is 0.625 bits per heavy atom. The van der Waals surface area contributed by atoms with E-state index in [1.807, 2.05) is 0 Å². The van der Waals surface area contributed by atoms with Crippen molar-refractivity contribution in [1.29, 1.82) is 0 Å². The second-order valence-corrected chi connectivity index (χ2v) is 5.32. The number of carboxylic acid groups (broad SMARTS) is 3. The molecule has 124 valence electrons. The monoisotopic (exact) mass is 328 g/mol. The van der Waals surface area contributed by atoms with Crippen molar-refractivity contribution in [2.75, 3.05) is 0 Å². The zero-order chi connectivity index (χ0) is 17.7. The second-order valence-electron chi connectivity index (χ2n) is 5.32. The second kappa shape index (κ2) is 7.41. The van der Waals surface area contributed by atoms with Gasteiger partial charge < -0.3 is 15.3 Å². The molecule has 0 aliphatic carbocycles. The molecule has 1 atom stereocenters. The molecule has 2 rings (SSSR count). The van der Waals surface area contributed by atoms with E-state index in [0.717, 1.165) is 0 Å². The quantitative estimate of drug-likeness (QED) is 0.672. The minimum atomic E-state index is -2.06. The van der Waals surface area contributed by atoms with Crippen LogP contribution in [0.5, 0.6) is 0 Å². The maximum absolute atomic E-state index is 11.8. The van der Waals surface area contributed by atoms with E-state index in [0.29, 0.717) is 11.1 Å². The van der Waals surface area contributed by atoms with Gasteiger partial charge in [-0.25, -0.2) is 0 Å². The van der Waals surface area contributed by atoms with Crippen molar-refractivity contribution in [2.24, 2.45) is 11.8 Å². The Kier molecular flexibility index (Phi) is 5.31. The fourth-order valence-electron chi connectivity index (χ4n) is 2.82. The molecule has 0 saturated heterocycles. The Hall–Kier alpha value is -3.15. The Balaban J connectivity index is 2.65. The summed E-state index contributed by atoms with van der Waals surface area (Å²) in [5, 5.41) is 28.1. The van der Waals surface area contributed by atoms with E-state index in [4.69, 9.17) is 0 Å². The first-order valence-electron chi connectivity index (χ1n) is 7.21. The molecule has 1 unspecified atom stereocenters. The van der Waals surface area contributed by atoms with Gasteiger partial charge in [-0.05, 0) is 11.1 Å². The predicted octanol–water partition coefficient (Wildman–Crippen LogP) is 2.30. The summed E-state index contributed by atoms with van der Waals surface area (Å²) in [4.78, 5) is 34.6. The SMILES string of the molecule is O=C(O)C(C(=O)O)C(C(=O)O)C(c1ccccc1)c1ccccc1. The van der Waals surface area contributed by atoms with E-state index in [-0.39, 0.29) is 0 Å². The van der Waals surface area contributed by atoms with Gasteiger partial charge in [-0.2, -0.15) is 0 Å². The molecule has 3 N–H and O–H groups in total. The molecule has 0 spiro atoms. The molecule has 2 aromatic rings. The number of carbonyl (C=O) groups is 3. The van der Waals surface area contributed by atoms with Crippen LogP contribution in [0.15, 0.2) is 60.7 Å². The summed E-state index contributed by atoms with van der Waals surface area (Å²) >= 11 is 0. The number of benzene rings is 2. The molecular weight excluding hydrogens is 312 g/mol.